The van der Waals surface area contributed by atoms with Gasteiger partial charge in [0.25, 0.3) is 0 Å². The van der Waals surface area contributed by atoms with E-state index in [-0.39, 0.29) is 25.0 Å². The van der Waals surface area contributed by atoms with Crippen molar-refractivity contribution in [3.05, 3.63) is 82.9 Å². The second-order valence-corrected chi connectivity index (χ2v) is 9.72. The van der Waals surface area contributed by atoms with Gasteiger partial charge in [0.2, 0.25) is 5.91 Å². The van der Waals surface area contributed by atoms with E-state index < -0.39 is 11.4 Å². The highest BCUT2D eigenvalue weighted by Crippen LogP contribution is 2.43. The van der Waals surface area contributed by atoms with Gasteiger partial charge < -0.3 is 9.84 Å². The third kappa shape index (κ3) is 4.72. The summed E-state index contributed by atoms with van der Waals surface area (Å²) < 4.78 is 5.99. The lowest BCUT2D eigenvalue weighted by Gasteiger charge is -2.21. The van der Waals surface area contributed by atoms with Crippen molar-refractivity contribution in [1.82, 2.24) is 0 Å². The van der Waals surface area contributed by atoms with Crippen molar-refractivity contribution in [3.63, 3.8) is 0 Å². The average Bonchev–Trinajstić information content (AvgIpc) is 3.04. The van der Waals surface area contributed by atoms with Gasteiger partial charge in [0.1, 0.15) is 5.75 Å². The Morgan fingerprint density at radius 2 is 1.81 bits per heavy atom. The summed E-state index contributed by atoms with van der Waals surface area (Å²) in [7, 11) is 0. The van der Waals surface area contributed by atoms with Gasteiger partial charge in [-0.3, -0.25) is 14.5 Å². The minimum absolute atomic E-state index is 0.00743. The number of benzene rings is 3. The highest BCUT2D eigenvalue weighted by atomic mass is 16.5. The van der Waals surface area contributed by atoms with E-state index in [0.29, 0.717) is 5.75 Å². The minimum atomic E-state index is -0.891. The lowest BCUT2D eigenvalue weighted by molar-refractivity contribution is -0.137. The van der Waals surface area contributed by atoms with E-state index in [1.807, 2.05) is 32.0 Å². The van der Waals surface area contributed by atoms with Gasteiger partial charge in [-0.25, -0.2) is 0 Å². The fourth-order valence-corrected chi connectivity index (χ4v) is 4.73. The molecule has 0 spiro atoms. The van der Waals surface area contributed by atoms with Crippen LogP contribution in [0.2, 0.25) is 0 Å². The van der Waals surface area contributed by atoms with Crippen molar-refractivity contribution >= 4 is 17.6 Å². The Bertz CT molecular complexity index is 1380. The molecule has 4 rings (SSSR count). The largest absolute Gasteiger partial charge is 0.481 e. The average molecular weight is 482 g/mol. The van der Waals surface area contributed by atoms with Gasteiger partial charge in [-0.15, -0.1) is 5.92 Å². The normalized spacial score (nSPS) is 14.6. The van der Waals surface area contributed by atoms with Crippen LogP contribution >= 0.6 is 0 Å². The molecule has 0 bridgehead atoms. The van der Waals surface area contributed by atoms with E-state index in [4.69, 9.17) is 9.84 Å². The number of carbonyl (C=O) groups is 2. The van der Waals surface area contributed by atoms with Crippen LogP contribution < -0.4 is 9.64 Å². The third-order valence-corrected chi connectivity index (χ3v) is 7.00. The molecule has 1 N–H and O–H groups in total. The topological polar surface area (TPSA) is 66.8 Å². The zero-order valence-corrected chi connectivity index (χ0v) is 21.4. The fraction of sp³-hybridized carbons (Fsp3) is 0.290. The Morgan fingerprint density at radius 3 is 2.47 bits per heavy atom. The molecule has 3 aromatic carbocycles. The Kier molecular flexibility index (Phi) is 6.90. The Morgan fingerprint density at radius 1 is 1.08 bits per heavy atom. The molecule has 1 aliphatic heterocycles. The van der Waals surface area contributed by atoms with E-state index in [2.05, 4.69) is 56.0 Å². The molecule has 1 heterocycles. The van der Waals surface area contributed by atoms with Crippen LogP contribution in [0.3, 0.4) is 0 Å². The number of carboxylic acids is 1. The number of ether oxygens (including phenoxy) is 1. The van der Waals surface area contributed by atoms with Gasteiger partial charge in [-0.2, -0.15) is 0 Å². The molecular weight excluding hydrogens is 450 g/mol. The summed E-state index contributed by atoms with van der Waals surface area (Å²) in [5.41, 5.74) is 6.74. The molecule has 36 heavy (non-hydrogen) atoms. The summed E-state index contributed by atoms with van der Waals surface area (Å²) >= 11 is 0. The van der Waals surface area contributed by atoms with E-state index in [1.54, 1.807) is 24.0 Å². The first-order valence-electron chi connectivity index (χ1n) is 12.0. The molecule has 0 aromatic heterocycles. The number of hydrogen-bond acceptors (Lipinski definition) is 3. The maximum atomic E-state index is 13.4. The Balaban J connectivity index is 1.55. The first-order chi connectivity index (χ1) is 17.1. The fourth-order valence-electron chi connectivity index (χ4n) is 4.73. The molecule has 1 unspecified atom stereocenters. The third-order valence-electron chi connectivity index (χ3n) is 7.00. The van der Waals surface area contributed by atoms with Crippen molar-refractivity contribution in [1.29, 1.82) is 0 Å². The SMILES string of the molecule is CC#CC(CC(=O)O)c1ccc(OCN2C(=O)C(C)(C)c3cc(-c4cccc(C)c4C)ccc32)cc1. The van der Waals surface area contributed by atoms with E-state index in [0.717, 1.165) is 22.4 Å². The maximum Gasteiger partial charge on any atom is 0.304 e. The molecule has 0 fully saturated rings. The van der Waals surface area contributed by atoms with Crippen LogP contribution in [0.15, 0.2) is 60.7 Å². The smallest absolute Gasteiger partial charge is 0.304 e. The second-order valence-electron chi connectivity index (χ2n) is 9.72. The number of nitrogens with zero attached hydrogens (tertiary/aromatic N) is 1. The number of fused-ring (bicyclic) bond motifs is 1. The van der Waals surface area contributed by atoms with Crippen LogP contribution in [0.4, 0.5) is 5.69 Å². The summed E-state index contributed by atoms with van der Waals surface area (Å²) in [6.07, 6.45) is -0.0563. The van der Waals surface area contributed by atoms with Gasteiger partial charge >= 0.3 is 5.97 Å². The van der Waals surface area contributed by atoms with Crippen molar-refractivity contribution in [3.8, 4) is 28.7 Å². The highest BCUT2D eigenvalue weighted by molar-refractivity contribution is 6.08. The molecule has 0 radical (unpaired) electrons. The summed E-state index contributed by atoms with van der Waals surface area (Å²) in [5, 5.41) is 9.16. The molecule has 1 amide bonds. The first kappa shape index (κ1) is 25.1. The molecule has 184 valence electrons. The summed E-state index contributed by atoms with van der Waals surface area (Å²) in [5.74, 6) is 5.08. The van der Waals surface area contributed by atoms with Crippen molar-refractivity contribution in [2.45, 2.75) is 52.4 Å². The summed E-state index contributed by atoms with van der Waals surface area (Å²) in [6, 6.07) is 19.7. The van der Waals surface area contributed by atoms with Crippen molar-refractivity contribution in [2.75, 3.05) is 11.6 Å². The molecule has 1 atom stereocenters. The number of amides is 1. The van der Waals surface area contributed by atoms with Gasteiger partial charge in [-0.05, 0) is 92.3 Å². The number of rotatable bonds is 7. The quantitative estimate of drug-likeness (QED) is 0.407. The molecule has 0 saturated heterocycles. The van der Waals surface area contributed by atoms with Crippen LogP contribution in [0, 0.1) is 25.7 Å². The molecule has 5 heteroatoms. The maximum absolute atomic E-state index is 13.4. The number of carbonyl (C=O) groups excluding carboxylic acids is 1. The van der Waals surface area contributed by atoms with E-state index in [1.165, 1.54) is 16.7 Å². The lowest BCUT2D eigenvalue weighted by Crippen LogP contribution is -2.38. The highest BCUT2D eigenvalue weighted by Gasteiger charge is 2.44. The molecular formula is C31H31NO4. The second kappa shape index (κ2) is 9.91. The zero-order valence-electron chi connectivity index (χ0n) is 21.4. The number of aliphatic carboxylic acids is 1. The molecule has 1 aliphatic rings. The Labute approximate surface area is 212 Å². The predicted molar refractivity (Wildman–Crippen MR) is 142 cm³/mol. The lowest BCUT2D eigenvalue weighted by atomic mass is 9.84. The number of anilines is 1. The van der Waals surface area contributed by atoms with Crippen LogP contribution in [0.25, 0.3) is 11.1 Å². The van der Waals surface area contributed by atoms with E-state index in [9.17, 15) is 9.59 Å². The van der Waals surface area contributed by atoms with Crippen molar-refractivity contribution in [2.24, 2.45) is 0 Å². The van der Waals surface area contributed by atoms with Gasteiger partial charge in [0, 0.05) is 0 Å². The van der Waals surface area contributed by atoms with Gasteiger partial charge in [0.05, 0.1) is 23.4 Å². The standard InChI is InChI=1S/C31H31NO4/c1-6-8-23(18-29(33)34)22-11-14-25(15-12-22)36-19-32-28-16-13-24(17-27(28)31(4,5)30(32)35)26-10-7-9-20(2)21(26)3/h7,9-17,23H,18-19H2,1-5H3,(H,33,34). The van der Waals surface area contributed by atoms with Crippen molar-refractivity contribution < 1.29 is 19.4 Å². The van der Waals surface area contributed by atoms with Gasteiger partial charge in [-0.1, -0.05) is 42.3 Å². The molecule has 0 saturated carbocycles. The van der Waals surface area contributed by atoms with E-state index >= 15 is 0 Å². The number of aryl methyl sites for hydroxylation is 1. The molecule has 5 nitrogen and oxygen atoms in total. The predicted octanol–water partition coefficient (Wildman–Crippen LogP) is 6.21. The Hall–Kier alpha value is -4.04. The van der Waals surface area contributed by atoms with Gasteiger partial charge in [0.15, 0.2) is 6.73 Å². The summed E-state index contributed by atoms with van der Waals surface area (Å²) in [4.78, 5) is 26.2. The minimum Gasteiger partial charge on any atom is -0.481 e. The monoisotopic (exact) mass is 481 g/mol. The van der Waals surface area contributed by atoms with Crippen LogP contribution in [-0.2, 0) is 15.0 Å². The molecule has 3 aromatic rings. The first-order valence-corrected chi connectivity index (χ1v) is 12.0. The number of hydrogen-bond donors (Lipinski definition) is 1. The summed E-state index contributed by atoms with van der Waals surface area (Å²) in [6.45, 7) is 9.92. The molecule has 0 aliphatic carbocycles. The van der Waals surface area contributed by atoms with Crippen LogP contribution in [0.5, 0.6) is 5.75 Å². The van der Waals surface area contributed by atoms with Crippen LogP contribution in [-0.4, -0.2) is 23.7 Å². The zero-order chi connectivity index (χ0) is 26.0. The number of carboxylic acid groups (broad SMARTS) is 1. The van der Waals surface area contributed by atoms with Crippen LogP contribution in [0.1, 0.15) is 55.4 Å².